The van der Waals surface area contributed by atoms with E-state index in [9.17, 15) is 5.11 Å². The van der Waals surface area contributed by atoms with Crippen LogP contribution >= 0.6 is 0 Å². The topological polar surface area (TPSA) is 61.3 Å². The zero-order chi connectivity index (χ0) is 23.2. The van der Waals surface area contributed by atoms with Gasteiger partial charge in [-0.15, -0.1) is 0 Å². The highest BCUT2D eigenvalue weighted by atomic mass is 16.3. The molecular weight excluding hydrogens is 408 g/mol. The maximum Gasteiger partial charge on any atom is 0.133 e. The molecule has 0 spiro atoms. The van der Waals surface area contributed by atoms with Gasteiger partial charge in [0, 0.05) is 25.2 Å². The maximum atomic E-state index is 11.3. The van der Waals surface area contributed by atoms with Crippen LogP contribution in [0.2, 0.25) is 0 Å². The van der Waals surface area contributed by atoms with E-state index in [1.165, 1.54) is 62.6 Å². The number of hydrogen-bond acceptors (Lipinski definition) is 5. The number of anilines is 1. The third-order valence-electron chi connectivity index (χ3n) is 9.24. The quantitative estimate of drug-likeness (QED) is 0.559. The molecule has 184 valence electrons. The van der Waals surface area contributed by atoms with E-state index in [0.717, 1.165) is 55.5 Å². The number of aromatic nitrogens is 2. The lowest BCUT2D eigenvalue weighted by Crippen LogP contribution is -2.53. The Balaban J connectivity index is 1.16. The lowest BCUT2D eigenvalue weighted by molar-refractivity contribution is -0.115. The molecule has 0 aromatic carbocycles. The molecule has 2 N–H and O–H groups in total. The van der Waals surface area contributed by atoms with Gasteiger partial charge in [0.25, 0.3) is 0 Å². The van der Waals surface area contributed by atoms with Gasteiger partial charge in [0.2, 0.25) is 0 Å². The van der Waals surface area contributed by atoms with Gasteiger partial charge in [0.15, 0.2) is 0 Å². The Morgan fingerprint density at radius 1 is 1.12 bits per heavy atom. The number of rotatable bonds is 8. The van der Waals surface area contributed by atoms with Crippen LogP contribution < -0.4 is 5.32 Å². The van der Waals surface area contributed by atoms with Crippen LogP contribution in [0.15, 0.2) is 6.33 Å². The molecule has 4 fully saturated rings. The van der Waals surface area contributed by atoms with Gasteiger partial charge in [0.05, 0.1) is 11.8 Å². The van der Waals surface area contributed by atoms with Crippen molar-refractivity contribution < 1.29 is 5.11 Å². The largest absolute Gasteiger partial charge is 0.391 e. The van der Waals surface area contributed by atoms with E-state index in [-0.39, 0.29) is 11.5 Å². The first-order valence-corrected chi connectivity index (χ1v) is 13.7. The van der Waals surface area contributed by atoms with E-state index < -0.39 is 0 Å². The summed E-state index contributed by atoms with van der Waals surface area (Å²) in [6.45, 7) is 13.2. The summed E-state index contributed by atoms with van der Waals surface area (Å²) in [7, 11) is 0. The summed E-state index contributed by atoms with van der Waals surface area (Å²) in [6, 6.07) is 0. The minimum atomic E-state index is -0.263. The van der Waals surface area contributed by atoms with Gasteiger partial charge >= 0.3 is 0 Å². The van der Waals surface area contributed by atoms with E-state index in [2.05, 4.69) is 47.9 Å². The van der Waals surface area contributed by atoms with Crippen molar-refractivity contribution in [1.29, 1.82) is 0 Å². The molecular formula is C28H46N4O. The molecule has 2 unspecified atom stereocenters. The fourth-order valence-corrected chi connectivity index (χ4v) is 8.30. The number of hydrogen-bond donors (Lipinski definition) is 2. The highest BCUT2D eigenvalue weighted by Gasteiger charge is 2.53. The Morgan fingerprint density at radius 3 is 2.42 bits per heavy atom. The number of aliphatic hydroxyl groups is 1. The van der Waals surface area contributed by atoms with Gasteiger partial charge in [-0.1, -0.05) is 27.7 Å². The van der Waals surface area contributed by atoms with Gasteiger partial charge in [0.1, 0.15) is 12.1 Å². The molecule has 5 heteroatoms. The Kier molecular flexibility index (Phi) is 6.50. The number of nitrogens with one attached hydrogen (secondary N) is 1. The van der Waals surface area contributed by atoms with Gasteiger partial charge in [-0.25, -0.2) is 9.97 Å². The zero-order valence-corrected chi connectivity index (χ0v) is 21.4. The molecule has 1 aliphatic heterocycles. The van der Waals surface area contributed by atoms with E-state index in [1.54, 1.807) is 6.33 Å². The fraction of sp³-hybridized carbons (Fsp3) is 0.857. The standard InChI is InChI=1S/C28H46N4O/c1-19(12-27(2,3)4)5-7-32-8-6-23-24(17-32)30-18-31-26(23)29-16-25(33)28-13-20-9-21(14-28)11-22(10-20)15-28/h18-22,25,33H,5-17H2,1-4H3,(H,29,30,31). The van der Waals surface area contributed by atoms with Crippen LogP contribution in [0.3, 0.4) is 0 Å². The predicted molar refractivity (Wildman–Crippen MR) is 134 cm³/mol. The molecule has 5 nitrogen and oxygen atoms in total. The predicted octanol–water partition coefficient (Wildman–Crippen LogP) is 5.29. The van der Waals surface area contributed by atoms with Crippen molar-refractivity contribution in [3.8, 4) is 0 Å². The molecule has 0 saturated heterocycles. The number of fused-ring (bicyclic) bond motifs is 1. The van der Waals surface area contributed by atoms with Crippen LogP contribution in [-0.2, 0) is 13.0 Å². The first kappa shape index (κ1) is 23.5. The van der Waals surface area contributed by atoms with Crippen LogP contribution in [0.1, 0.15) is 90.3 Å². The molecule has 2 atom stereocenters. The zero-order valence-electron chi connectivity index (χ0n) is 21.4. The monoisotopic (exact) mass is 454 g/mol. The van der Waals surface area contributed by atoms with Crippen LogP contribution in [-0.4, -0.2) is 45.7 Å². The molecule has 33 heavy (non-hydrogen) atoms. The van der Waals surface area contributed by atoms with Crippen LogP contribution in [0.4, 0.5) is 5.82 Å². The summed E-state index contributed by atoms with van der Waals surface area (Å²) in [5.74, 6) is 4.32. The highest BCUT2D eigenvalue weighted by molar-refractivity contribution is 5.47. The van der Waals surface area contributed by atoms with Crippen molar-refractivity contribution in [2.24, 2.45) is 34.5 Å². The maximum absolute atomic E-state index is 11.3. The second-order valence-corrected chi connectivity index (χ2v) is 13.5. The summed E-state index contributed by atoms with van der Waals surface area (Å²) in [5, 5.41) is 14.9. The Bertz CT molecular complexity index is 796. The van der Waals surface area contributed by atoms with Crippen molar-refractivity contribution in [3.63, 3.8) is 0 Å². The molecule has 0 radical (unpaired) electrons. The molecule has 4 aliphatic carbocycles. The third kappa shape index (κ3) is 5.24. The third-order valence-corrected chi connectivity index (χ3v) is 9.24. The summed E-state index contributed by atoms with van der Waals surface area (Å²) in [5.41, 5.74) is 3.01. The van der Waals surface area contributed by atoms with Gasteiger partial charge in [-0.05, 0) is 98.8 Å². The minimum Gasteiger partial charge on any atom is -0.391 e. The molecule has 1 aromatic rings. The van der Waals surface area contributed by atoms with Crippen molar-refractivity contribution in [2.75, 3.05) is 25.0 Å². The highest BCUT2D eigenvalue weighted by Crippen LogP contribution is 2.61. The molecule has 1 aromatic heterocycles. The van der Waals surface area contributed by atoms with Gasteiger partial charge in [-0.3, -0.25) is 4.90 Å². The van der Waals surface area contributed by atoms with E-state index in [4.69, 9.17) is 0 Å². The Labute approximate surface area is 201 Å². The smallest absolute Gasteiger partial charge is 0.133 e. The van der Waals surface area contributed by atoms with Crippen molar-refractivity contribution in [2.45, 2.75) is 98.1 Å². The summed E-state index contributed by atoms with van der Waals surface area (Å²) < 4.78 is 0. The van der Waals surface area contributed by atoms with Crippen molar-refractivity contribution >= 4 is 5.82 Å². The van der Waals surface area contributed by atoms with Crippen molar-refractivity contribution in [3.05, 3.63) is 17.6 Å². The molecule has 0 amide bonds. The minimum absolute atomic E-state index is 0.162. The van der Waals surface area contributed by atoms with E-state index in [1.807, 2.05) is 0 Å². The molecule has 6 rings (SSSR count). The fourth-order valence-electron chi connectivity index (χ4n) is 8.30. The van der Waals surface area contributed by atoms with Gasteiger partial charge < -0.3 is 10.4 Å². The normalized spacial score (nSPS) is 33.1. The SMILES string of the molecule is CC(CCN1CCc2c(ncnc2NCC(O)C23CC4CC(CC(C4)C2)C3)C1)CC(C)(C)C. The lowest BCUT2D eigenvalue weighted by atomic mass is 9.48. The first-order chi connectivity index (χ1) is 15.7. The first-order valence-electron chi connectivity index (χ1n) is 13.7. The average Bonchev–Trinajstić information content (AvgIpc) is 2.73. The van der Waals surface area contributed by atoms with Crippen LogP contribution in [0, 0.1) is 34.5 Å². The van der Waals surface area contributed by atoms with Gasteiger partial charge in [-0.2, -0.15) is 0 Å². The second kappa shape index (κ2) is 9.11. The summed E-state index contributed by atoms with van der Waals surface area (Å²) >= 11 is 0. The Hall–Kier alpha value is -1.20. The summed E-state index contributed by atoms with van der Waals surface area (Å²) in [4.78, 5) is 11.8. The Morgan fingerprint density at radius 2 is 1.79 bits per heavy atom. The van der Waals surface area contributed by atoms with Crippen LogP contribution in [0.5, 0.6) is 0 Å². The molecule has 5 aliphatic rings. The number of nitrogens with zero attached hydrogens (tertiary/aromatic N) is 3. The van der Waals surface area contributed by atoms with E-state index in [0.29, 0.717) is 12.0 Å². The summed E-state index contributed by atoms with van der Waals surface area (Å²) in [6.07, 6.45) is 13.0. The second-order valence-electron chi connectivity index (χ2n) is 13.5. The van der Waals surface area contributed by atoms with Crippen LogP contribution in [0.25, 0.3) is 0 Å². The van der Waals surface area contributed by atoms with E-state index >= 15 is 0 Å². The average molecular weight is 455 g/mol. The molecule has 2 heterocycles. The van der Waals surface area contributed by atoms with Crippen molar-refractivity contribution in [1.82, 2.24) is 14.9 Å². The number of aliphatic hydroxyl groups excluding tert-OH is 1. The lowest BCUT2D eigenvalue weighted by Gasteiger charge is -2.58. The molecule has 4 bridgehead atoms. The molecule has 4 saturated carbocycles.